The number of halogens is 2. The lowest BCUT2D eigenvalue weighted by Gasteiger charge is -2.36. The highest BCUT2D eigenvalue weighted by molar-refractivity contribution is 9.10. The second-order valence-corrected chi connectivity index (χ2v) is 8.63. The third kappa shape index (κ3) is 5.50. The van der Waals surface area contributed by atoms with Crippen LogP contribution in [0.4, 0.5) is 32.1 Å². The average Bonchev–Trinajstić information content (AvgIpc) is 2.65. The van der Waals surface area contributed by atoms with Gasteiger partial charge >= 0.3 is 6.09 Å². The highest BCUT2D eigenvalue weighted by Gasteiger charge is 2.26. The van der Waals surface area contributed by atoms with E-state index < -0.39 is 11.4 Å². The minimum absolute atomic E-state index is 0.290. The van der Waals surface area contributed by atoms with Crippen LogP contribution in [-0.2, 0) is 4.74 Å². The quantitative estimate of drug-likeness (QED) is 0.654. The number of benzene rings is 1. The molecule has 0 atom stereocenters. The van der Waals surface area contributed by atoms with Crippen molar-refractivity contribution < 1.29 is 13.9 Å². The van der Waals surface area contributed by atoms with Gasteiger partial charge in [-0.05, 0) is 67.0 Å². The topological polar surface area (TPSA) is 83.7 Å². The summed E-state index contributed by atoms with van der Waals surface area (Å²) in [6.07, 6.45) is -0.318. The number of amides is 1. The molecule has 0 unspecified atom stereocenters. The number of nitrogen functional groups attached to an aromatic ring is 1. The van der Waals surface area contributed by atoms with Crippen LogP contribution < -0.4 is 16.0 Å². The zero-order valence-corrected chi connectivity index (χ0v) is 18.3. The maximum absolute atomic E-state index is 14.7. The molecule has 1 amide bonds. The van der Waals surface area contributed by atoms with Crippen molar-refractivity contribution in [2.45, 2.75) is 26.4 Å². The van der Waals surface area contributed by atoms with E-state index >= 15 is 0 Å². The number of carbonyl (C=O) groups is 1. The fourth-order valence-electron chi connectivity index (χ4n) is 2.95. The van der Waals surface area contributed by atoms with E-state index in [9.17, 15) is 9.18 Å². The molecule has 3 N–H and O–H groups in total. The van der Waals surface area contributed by atoms with Gasteiger partial charge in [0.05, 0.1) is 11.4 Å². The Morgan fingerprint density at radius 3 is 2.52 bits per heavy atom. The second kappa shape index (κ2) is 8.44. The molecule has 0 aliphatic carbocycles. The number of pyridine rings is 1. The Bertz CT molecular complexity index is 895. The van der Waals surface area contributed by atoms with Crippen LogP contribution in [0.5, 0.6) is 0 Å². The highest BCUT2D eigenvalue weighted by Crippen LogP contribution is 2.28. The van der Waals surface area contributed by atoms with Crippen molar-refractivity contribution in [2.75, 3.05) is 42.1 Å². The largest absolute Gasteiger partial charge is 0.444 e. The number of ether oxygens (including phenoxy) is 1. The average molecular weight is 466 g/mol. The van der Waals surface area contributed by atoms with Crippen molar-refractivity contribution in [3.8, 4) is 0 Å². The molecule has 0 spiro atoms. The number of carbonyl (C=O) groups excluding carboxylic acids is 1. The molecule has 1 aliphatic heterocycles. The van der Waals surface area contributed by atoms with Crippen molar-refractivity contribution in [2.24, 2.45) is 0 Å². The van der Waals surface area contributed by atoms with Crippen LogP contribution in [0.15, 0.2) is 34.9 Å². The standard InChI is InChI=1S/C20H25BrFN5O2/c1-20(2,3)29-19(28)27-10-8-26(9-11-27)13-4-6-16(14(22)12-13)24-18-15(23)5-7-17(21)25-18/h4-7,12H,8-11,23H2,1-3H3,(H,24,25). The number of piperazine rings is 1. The Balaban J connectivity index is 1.64. The number of anilines is 4. The molecular weight excluding hydrogens is 441 g/mol. The van der Waals surface area contributed by atoms with Crippen LogP contribution >= 0.6 is 15.9 Å². The van der Waals surface area contributed by atoms with E-state index in [0.29, 0.717) is 48.0 Å². The lowest BCUT2D eigenvalue weighted by molar-refractivity contribution is 0.0240. The van der Waals surface area contributed by atoms with Gasteiger partial charge in [-0.3, -0.25) is 0 Å². The van der Waals surface area contributed by atoms with Crippen LogP contribution in [-0.4, -0.2) is 47.8 Å². The number of hydrogen-bond acceptors (Lipinski definition) is 6. The van der Waals surface area contributed by atoms with Crippen molar-refractivity contribution in [1.82, 2.24) is 9.88 Å². The van der Waals surface area contributed by atoms with Gasteiger partial charge in [-0.15, -0.1) is 0 Å². The number of rotatable bonds is 3. The van der Waals surface area contributed by atoms with E-state index in [0.717, 1.165) is 5.69 Å². The van der Waals surface area contributed by atoms with Gasteiger partial charge < -0.3 is 25.6 Å². The summed E-state index contributed by atoms with van der Waals surface area (Å²) < 4.78 is 20.7. The Kier molecular flexibility index (Phi) is 6.16. The molecule has 156 valence electrons. The summed E-state index contributed by atoms with van der Waals surface area (Å²) in [5, 5.41) is 2.93. The molecule has 1 aromatic heterocycles. The predicted octanol–water partition coefficient (Wildman–Crippen LogP) is 4.37. The SMILES string of the molecule is CC(C)(C)OC(=O)N1CCN(c2ccc(Nc3nc(Br)ccc3N)c(F)c2)CC1. The van der Waals surface area contributed by atoms with Gasteiger partial charge in [0, 0.05) is 31.9 Å². The number of hydrogen-bond donors (Lipinski definition) is 2. The second-order valence-electron chi connectivity index (χ2n) is 7.82. The molecule has 1 fully saturated rings. The summed E-state index contributed by atoms with van der Waals surface area (Å²) in [4.78, 5) is 20.1. The number of nitrogens with one attached hydrogen (secondary N) is 1. The van der Waals surface area contributed by atoms with Crippen LogP contribution in [0.25, 0.3) is 0 Å². The van der Waals surface area contributed by atoms with Gasteiger partial charge in [0.1, 0.15) is 16.0 Å². The number of nitrogens with two attached hydrogens (primary N) is 1. The third-order valence-corrected chi connectivity index (χ3v) is 4.84. The molecule has 0 radical (unpaired) electrons. The Morgan fingerprint density at radius 2 is 1.90 bits per heavy atom. The molecule has 7 nitrogen and oxygen atoms in total. The van der Waals surface area contributed by atoms with E-state index in [1.54, 1.807) is 23.1 Å². The Labute approximate surface area is 178 Å². The summed E-state index contributed by atoms with van der Waals surface area (Å²) in [5.41, 5.74) is 6.84. The normalized spacial score (nSPS) is 14.7. The zero-order chi connectivity index (χ0) is 21.2. The molecular formula is C20H25BrFN5O2. The smallest absolute Gasteiger partial charge is 0.410 e. The van der Waals surface area contributed by atoms with Gasteiger partial charge in [-0.2, -0.15) is 0 Å². The monoisotopic (exact) mass is 465 g/mol. The van der Waals surface area contributed by atoms with Gasteiger partial charge in [0.2, 0.25) is 0 Å². The third-order valence-electron chi connectivity index (χ3n) is 4.39. The minimum Gasteiger partial charge on any atom is -0.444 e. The molecule has 29 heavy (non-hydrogen) atoms. The van der Waals surface area contributed by atoms with Crippen molar-refractivity contribution in [1.29, 1.82) is 0 Å². The summed E-state index contributed by atoms with van der Waals surface area (Å²) >= 11 is 3.28. The fraction of sp³-hybridized carbons (Fsp3) is 0.400. The lowest BCUT2D eigenvalue weighted by atomic mass is 10.2. The van der Waals surface area contributed by atoms with Crippen molar-refractivity contribution >= 4 is 44.9 Å². The van der Waals surface area contributed by atoms with E-state index in [2.05, 4.69) is 26.2 Å². The first-order valence-electron chi connectivity index (χ1n) is 9.34. The molecule has 0 saturated carbocycles. The van der Waals surface area contributed by atoms with Crippen molar-refractivity contribution in [3.05, 3.63) is 40.8 Å². The van der Waals surface area contributed by atoms with Crippen LogP contribution in [0.3, 0.4) is 0 Å². The van der Waals surface area contributed by atoms with Crippen LogP contribution in [0.2, 0.25) is 0 Å². The summed E-state index contributed by atoms with van der Waals surface area (Å²) in [7, 11) is 0. The summed E-state index contributed by atoms with van der Waals surface area (Å²) in [5.74, 6) is -0.0183. The predicted molar refractivity (Wildman–Crippen MR) is 116 cm³/mol. The first kappa shape index (κ1) is 21.2. The highest BCUT2D eigenvalue weighted by atomic mass is 79.9. The molecule has 2 heterocycles. The Hall–Kier alpha value is -2.55. The van der Waals surface area contributed by atoms with Crippen LogP contribution in [0, 0.1) is 5.82 Å². The Morgan fingerprint density at radius 1 is 1.21 bits per heavy atom. The maximum atomic E-state index is 14.7. The molecule has 0 bridgehead atoms. The molecule has 9 heteroatoms. The van der Waals surface area contributed by atoms with E-state index in [4.69, 9.17) is 10.5 Å². The number of aromatic nitrogens is 1. The molecule has 2 aromatic rings. The summed E-state index contributed by atoms with van der Waals surface area (Å²) in [6, 6.07) is 8.38. The molecule has 1 aliphatic rings. The van der Waals surface area contributed by atoms with Crippen molar-refractivity contribution in [3.63, 3.8) is 0 Å². The summed E-state index contributed by atoms with van der Waals surface area (Å²) in [6.45, 7) is 7.78. The van der Waals surface area contributed by atoms with Gasteiger partial charge in [0.15, 0.2) is 5.82 Å². The molecule has 1 saturated heterocycles. The lowest BCUT2D eigenvalue weighted by Crippen LogP contribution is -2.50. The maximum Gasteiger partial charge on any atom is 0.410 e. The first-order valence-corrected chi connectivity index (χ1v) is 10.1. The number of nitrogens with zero attached hydrogens (tertiary/aromatic N) is 3. The minimum atomic E-state index is -0.521. The molecule has 3 rings (SSSR count). The van der Waals surface area contributed by atoms with E-state index in [1.807, 2.05) is 31.7 Å². The van der Waals surface area contributed by atoms with Gasteiger partial charge in [0.25, 0.3) is 0 Å². The first-order chi connectivity index (χ1) is 13.6. The molecule has 1 aromatic carbocycles. The van der Waals surface area contributed by atoms with Gasteiger partial charge in [-0.25, -0.2) is 14.2 Å². The van der Waals surface area contributed by atoms with E-state index in [-0.39, 0.29) is 6.09 Å². The zero-order valence-electron chi connectivity index (χ0n) is 16.7. The van der Waals surface area contributed by atoms with Gasteiger partial charge in [-0.1, -0.05) is 0 Å². The fourth-order valence-corrected chi connectivity index (χ4v) is 3.26. The van der Waals surface area contributed by atoms with E-state index in [1.165, 1.54) is 6.07 Å². The van der Waals surface area contributed by atoms with Crippen LogP contribution in [0.1, 0.15) is 20.8 Å².